The Hall–Kier alpha value is -1.71. The van der Waals surface area contributed by atoms with E-state index in [1.807, 2.05) is 20.8 Å². The number of aromatic hydroxyl groups is 1. The summed E-state index contributed by atoms with van der Waals surface area (Å²) in [4.78, 5) is 11.6. The lowest BCUT2D eigenvalue weighted by Gasteiger charge is -2.19. The van der Waals surface area contributed by atoms with E-state index in [4.69, 9.17) is 9.47 Å². The molecule has 0 bridgehead atoms. The van der Waals surface area contributed by atoms with Crippen LogP contribution in [-0.2, 0) is 16.0 Å². The Kier molecular flexibility index (Phi) is 4.59. The van der Waals surface area contributed by atoms with Crippen LogP contribution in [0, 0.1) is 0 Å². The van der Waals surface area contributed by atoms with Gasteiger partial charge in [0.15, 0.2) is 0 Å². The van der Waals surface area contributed by atoms with Crippen LogP contribution in [0.5, 0.6) is 11.5 Å². The molecule has 1 rings (SSSR count). The van der Waals surface area contributed by atoms with E-state index in [0.717, 1.165) is 5.56 Å². The number of methoxy groups -OCH3 is 1. The van der Waals surface area contributed by atoms with Crippen molar-refractivity contribution in [3.63, 3.8) is 0 Å². The lowest BCUT2D eigenvalue weighted by molar-refractivity contribution is -0.154. The molecule has 0 fully saturated rings. The number of ether oxygens (including phenoxy) is 2. The van der Waals surface area contributed by atoms with Crippen molar-refractivity contribution in [1.82, 2.24) is 0 Å². The number of benzene rings is 1. The molecule has 0 aliphatic heterocycles. The first-order valence-electron chi connectivity index (χ1n) is 5.89. The van der Waals surface area contributed by atoms with E-state index < -0.39 is 5.60 Å². The Balaban J connectivity index is 2.58. The monoisotopic (exact) mass is 252 g/mol. The van der Waals surface area contributed by atoms with Crippen molar-refractivity contribution in [2.24, 2.45) is 0 Å². The zero-order chi connectivity index (χ0) is 13.8. The quantitative estimate of drug-likeness (QED) is 0.837. The first kappa shape index (κ1) is 14.4. The van der Waals surface area contributed by atoms with Crippen LogP contribution in [0.2, 0.25) is 0 Å². The van der Waals surface area contributed by atoms with Crippen LogP contribution in [0.25, 0.3) is 0 Å². The van der Waals surface area contributed by atoms with E-state index in [2.05, 4.69) is 0 Å². The highest BCUT2D eigenvalue weighted by atomic mass is 16.6. The third-order valence-electron chi connectivity index (χ3n) is 2.22. The Bertz CT molecular complexity index is 418. The van der Waals surface area contributed by atoms with Gasteiger partial charge in [0.05, 0.1) is 7.11 Å². The Morgan fingerprint density at radius 2 is 1.94 bits per heavy atom. The molecule has 0 aliphatic rings. The molecule has 1 aromatic carbocycles. The number of phenols is 1. The fraction of sp³-hybridized carbons (Fsp3) is 0.500. The second-order valence-electron chi connectivity index (χ2n) is 5.13. The highest BCUT2D eigenvalue weighted by Gasteiger charge is 2.16. The zero-order valence-electron chi connectivity index (χ0n) is 11.3. The van der Waals surface area contributed by atoms with Crippen molar-refractivity contribution in [2.75, 3.05) is 7.11 Å². The topological polar surface area (TPSA) is 55.8 Å². The fourth-order valence-electron chi connectivity index (χ4n) is 1.54. The van der Waals surface area contributed by atoms with Crippen molar-refractivity contribution in [1.29, 1.82) is 0 Å². The van der Waals surface area contributed by atoms with Crippen molar-refractivity contribution in [3.8, 4) is 11.5 Å². The summed E-state index contributed by atoms with van der Waals surface area (Å²) < 4.78 is 10.3. The lowest BCUT2D eigenvalue weighted by Crippen LogP contribution is -2.24. The van der Waals surface area contributed by atoms with Gasteiger partial charge in [0.25, 0.3) is 0 Å². The number of aryl methyl sites for hydroxylation is 1. The fourth-order valence-corrected chi connectivity index (χ4v) is 1.54. The molecular weight excluding hydrogens is 232 g/mol. The van der Waals surface area contributed by atoms with Crippen LogP contribution < -0.4 is 4.74 Å². The molecule has 0 aromatic heterocycles. The van der Waals surface area contributed by atoms with Gasteiger partial charge in [0.1, 0.15) is 17.1 Å². The second kappa shape index (κ2) is 5.76. The number of rotatable bonds is 4. The molecule has 0 saturated carbocycles. The standard InChI is InChI=1S/C14H20O4/c1-14(2,3)18-13(16)6-5-10-7-11(15)9-12(8-10)17-4/h7-9,15H,5-6H2,1-4H3. The minimum Gasteiger partial charge on any atom is -0.508 e. The summed E-state index contributed by atoms with van der Waals surface area (Å²) in [7, 11) is 1.53. The Morgan fingerprint density at radius 1 is 1.28 bits per heavy atom. The third kappa shape index (κ3) is 5.08. The summed E-state index contributed by atoms with van der Waals surface area (Å²) in [5, 5.41) is 9.48. The van der Waals surface area contributed by atoms with E-state index in [9.17, 15) is 9.90 Å². The average Bonchev–Trinajstić information content (AvgIpc) is 2.23. The molecular formula is C14H20O4. The summed E-state index contributed by atoms with van der Waals surface area (Å²) >= 11 is 0. The smallest absolute Gasteiger partial charge is 0.306 e. The maximum Gasteiger partial charge on any atom is 0.306 e. The predicted octanol–water partition coefficient (Wildman–Crippen LogP) is 2.68. The first-order valence-corrected chi connectivity index (χ1v) is 5.89. The molecule has 0 heterocycles. The third-order valence-corrected chi connectivity index (χ3v) is 2.22. The molecule has 18 heavy (non-hydrogen) atoms. The SMILES string of the molecule is COc1cc(O)cc(CCC(=O)OC(C)(C)C)c1. The number of hydrogen-bond donors (Lipinski definition) is 1. The molecule has 0 radical (unpaired) electrons. The van der Waals surface area contributed by atoms with E-state index >= 15 is 0 Å². The van der Waals surface area contributed by atoms with Gasteiger partial charge in [0.2, 0.25) is 0 Å². The molecule has 4 nitrogen and oxygen atoms in total. The van der Waals surface area contributed by atoms with Crippen molar-refractivity contribution in [3.05, 3.63) is 23.8 Å². The van der Waals surface area contributed by atoms with Gasteiger partial charge < -0.3 is 14.6 Å². The summed E-state index contributed by atoms with van der Waals surface area (Å²) in [5.41, 5.74) is 0.380. The van der Waals surface area contributed by atoms with Gasteiger partial charge in [-0.15, -0.1) is 0 Å². The number of carbonyl (C=O) groups is 1. The second-order valence-corrected chi connectivity index (χ2v) is 5.13. The first-order chi connectivity index (χ1) is 8.30. The molecule has 0 aliphatic carbocycles. The summed E-state index contributed by atoms with van der Waals surface area (Å²) in [5.74, 6) is 0.465. The lowest BCUT2D eigenvalue weighted by atomic mass is 10.1. The van der Waals surface area contributed by atoms with E-state index in [-0.39, 0.29) is 18.1 Å². The normalized spacial score (nSPS) is 11.1. The molecule has 100 valence electrons. The summed E-state index contributed by atoms with van der Waals surface area (Å²) in [6, 6.07) is 4.94. The van der Waals surface area contributed by atoms with Crippen molar-refractivity contribution < 1.29 is 19.4 Å². The molecule has 4 heteroatoms. The van der Waals surface area contributed by atoms with Crippen LogP contribution in [0.1, 0.15) is 32.8 Å². The average molecular weight is 252 g/mol. The van der Waals surface area contributed by atoms with Crippen LogP contribution in [0.3, 0.4) is 0 Å². The van der Waals surface area contributed by atoms with Crippen LogP contribution in [0.4, 0.5) is 0 Å². The van der Waals surface area contributed by atoms with Crippen LogP contribution >= 0.6 is 0 Å². The largest absolute Gasteiger partial charge is 0.508 e. The molecule has 1 aromatic rings. The van der Waals surface area contributed by atoms with Gasteiger partial charge >= 0.3 is 5.97 Å². The minimum absolute atomic E-state index is 0.133. The highest BCUT2D eigenvalue weighted by Crippen LogP contribution is 2.22. The summed E-state index contributed by atoms with van der Waals surface area (Å²) in [6.07, 6.45) is 0.795. The van der Waals surface area contributed by atoms with E-state index in [1.54, 1.807) is 12.1 Å². The van der Waals surface area contributed by atoms with Gasteiger partial charge in [0, 0.05) is 12.5 Å². The zero-order valence-corrected chi connectivity index (χ0v) is 11.3. The van der Waals surface area contributed by atoms with E-state index in [0.29, 0.717) is 12.2 Å². The van der Waals surface area contributed by atoms with Crippen molar-refractivity contribution >= 4 is 5.97 Å². The Morgan fingerprint density at radius 3 is 2.50 bits per heavy atom. The maximum atomic E-state index is 11.6. The number of carbonyl (C=O) groups excluding carboxylic acids is 1. The molecule has 0 amide bonds. The van der Waals surface area contributed by atoms with Crippen molar-refractivity contribution in [2.45, 2.75) is 39.2 Å². The van der Waals surface area contributed by atoms with Crippen LogP contribution in [-0.4, -0.2) is 23.8 Å². The number of phenolic OH excluding ortho intramolecular Hbond substituents is 1. The van der Waals surface area contributed by atoms with Gasteiger partial charge in [-0.1, -0.05) is 0 Å². The minimum atomic E-state index is -0.465. The number of esters is 1. The Labute approximate surface area is 108 Å². The van der Waals surface area contributed by atoms with Crippen LogP contribution in [0.15, 0.2) is 18.2 Å². The van der Waals surface area contributed by atoms with Gasteiger partial charge in [-0.3, -0.25) is 4.79 Å². The molecule has 0 unspecified atom stereocenters. The van der Waals surface area contributed by atoms with Gasteiger partial charge in [-0.05, 0) is 44.9 Å². The van der Waals surface area contributed by atoms with Gasteiger partial charge in [-0.2, -0.15) is 0 Å². The molecule has 0 spiro atoms. The number of hydrogen-bond acceptors (Lipinski definition) is 4. The molecule has 0 atom stereocenters. The predicted molar refractivity (Wildman–Crippen MR) is 68.8 cm³/mol. The maximum absolute atomic E-state index is 11.6. The highest BCUT2D eigenvalue weighted by molar-refractivity contribution is 5.70. The molecule has 0 saturated heterocycles. The molecule has 1 N–H and O–H groups in total. The van der Waals surface area contributed by atoms with Gasteiger partial charge in [-0.25, -0.2) is 0 Å². The summed E-state index contributed by atoms with van der Waals surface area (Å²) in [6.45, 7) is 5.51. The van der Waals surface area contributed by atoms with E-state index in [1.165, 1.54) is 13.2 Å².